The number of aromatic nitrogens is 2. The third kappa shape index (κ3) is 2.57. The second kappa shape index (κ2) is 5.09. The molecule has 3 rings (SSSR count). The maximum atomic E-state index is 12.2. The van der Waals surface area contributed by atoms with E-state index < -0.39 is 10.0 Å². The van der Waals surface area contributed by atoms with Crippen LogP contribution in [-0.2, 0) is 16.4 Å². The molecule has 0 unspecified atom stereocenters. The Bertz CT molecular complexity index is 717. The molecule has 6 nitrogen and oxygen atoms in total. The second-order valence-electron chi connectivity index (χ2n) is 4.40. The first kappa shape index (κ1) is 12.9. The van der Waals surface area contributed by atoms with E-state index in [1.807, 2.05) is 0 Å². The summed E-state index contributed by atoms with van der Waals surface area (Å²) in [4.78, 5) is 7.83. The van der Waals surface area contributed by atoms with E-state index in [4.69, 9.17) is 4.74 Å². The highest BCUT2D eigenvalue weighted by atomic mass is 32.2. The van der Waals surface area contributed by atoms with Gasteiger partial charge >= 0.3 is 0 Å². The van der Waals surface area contributed by atoms with Crippen molar-refractivity contribution in [3.05, 3.63) is 42.2 Å². The quantitative estimate of drug-likeness (QED) is 0.929. The molecular weight excluding hydrogens is 278 g/mol. The average molecular weight is 291 g/mol. The molecule has 1 N–H and O–H groups in total. The molecule has 2 aromatic rings. The molecule has 1 aromatic heterocycles. The van der Waals surface area contributed by atoms with Crippen molar-refractivity contribution in [3.63, 3.8) is 0 Å². The van der Waals surface area contributed by atoms with Crippen LogP contribution in [0.5, 0.6) is 5.75 Å². The van der Waals surface area contributed by atoms with E-state index in [1.54, 1.807) is 24.3 Å². The maximum absolute atomic E-state index is 12.2. The standard InChI is InChI=1S/C13H13N3O3S/c17-20(18,16-13-14-6-2-7-15-13)11-5-4-10-3-1-8-19-12(10)9-11/h2,4-7,9H,1,3,8H2,(H,14,15,16). The van der Waals surface area contributed by atoms with Crippen LogP contribution in [0.4, 0.5) is 5.95 Å². The van der Waals surface area contributed by atoms with E-state index in [-0.39, 0.29) is 10.8 Å². The van der Waals surface area contributed by atoms with Crippen molar-refractivity contribution < 1.29 is 13.2 Å². The van der Waals surface area contributed by atoms with Crippen LogP contribution in [0.2, 0.25) is 0 Å². The van der Waals surface area contributed by atoms with Crippen LogP contribution in [0, 0.1) is 0 Å². The van der Waals surface area contributed by atoms with Crippen molar-refractivity contribution in [3.8, 4) is 5.75 Å². The topological polar surface area (TPSA) is 81.2 Å². The van der Waals surface area contributed by atoms with Crippen LogP contribution < -0.4 is 9.46 Å². The number of hydrogen-bond acceptors (Lipinski definition) is 5. The van der Waals surface area contributed by atoms with Crippen LogP contribution in [0.1, 0.15) is 12.0 Å². The molecule has 0 aliphatic carbocycles. The van der Waals surface area contributed by atoms with Gasteiger partial charge in [0.1, 0.15) is 5.75 Å². The Hall–Kier alpha value is -2.15. The zero-order chi connectivity index (χ0) is 14.0. The highest BCUT2D eigenvalue weighted by Gasteiger charge is 2.19. The third-order valence-corrected chi connectivity index (χ3v) is 4.31. The molecule has 0 saturated heterocycles. The minimum atomic E-state index is -3.70. The van der Waals surface area contributed by atoms with Crippen molar-refractivity contribution in [1.29, 1.82) is 0 Å². The van der Waals surface area contributed by atoms with Crippen LogP contribution in [-0.4, -0.2) is 25.0 Å². The number of sulfonamides is 1. The molecule has 1 aliphatic heterocycles. The van der Waals surface area contributed by atoms with Gasteiger partial charge in [0, 0.05) is 18.5 Å². The summed E-state index contributed by atoms with van der Waals surface area (Å²) in [5.74, 6) is 0.680. The monoisotopic (exact) mass is 291 g/mol. The van der Waals surface area contributed by atoms with Gasteiger partial charge in [0.25, 0.3) is 10.0 Å². The van der Waals surface area contributed by atoms with Gasteiger partial charge in [-0.25, -0.2) is 23.1 Å². The van der Waals surface area contributed by atoms with Crippen molar-refractivity contribution in [1.82, 2.24) is 9.97 Å². The summed E-state index contributed by atoms with van der Waals surface area (Å²) in [5.41, 5.74) is 1.03. The van der Waals surface area contributed by atoms with E-state index in [1.165, 1.54) is 12.4 Å². The Kier molecular flexibility index (Phi) is 3.27. The molecule has 2 heterocycles. The van der Waals surface area contributed by atoms with Gasteiger partial charge in [-0.15, -0.1) is 0 Å². The van der Waals surface area contributed by atoms with Crippen molar-refractivity contribution in [2.45, 2.75) is 17.7 Å². The van der Waals surface area contributed by atoms with Gasteiger partial charge in [-0.1, -0.05) is 6.07 Å². The summed E-state index contributed by atoms with van der Waals surface area (Å²) in [7, 11) is -3.70. The molecule has 104 valence electrons. The molecule has 0 amide bonds. The SMILES string of the molecule is O=S(=O)(Nc1ncccn1)c1ccc2c(c1)OCCC2. The smallest absolute Gasteiger partial charge is 0.264 e. The molecule has 0 atom stereocenters. The lowest BCUT2D eigenvalue weighted by atomic mass is 10.1. The summed E-state index contributed by atoms with van der Waals surface area (Å²) in [5, 5.41) is 0. The summed E-state index contributed by atoms with van der Waals surface area (Å²) >= 11 is 0. The Labute approximate surface area is 116 Å². The molecule has 1 aromatic carbocycles. The zero-order valence-electron chi connectivity index (χ0n) is 10.6. The van der Waals surface area contributed by atoms with Gasteiger partial charge in [-0.05, 0) is 30.5 Å². The third-order valence-electron chi connectivity index (χ3n) is 2.99. The number of nitrogens with zero attached hydrogens (tertiary/aromatic N) is 2. The Morgan fingerprint density at radius 2 is 2.00 bits per heavy atom. The molecule has 0 saturated carbocycles. The maximum Gasteiger partial charge on any atom is 0.264 e. The average Bonchev–Trinajstić information content (AvgIpc) is 2.47. The second-order valence-corrected chi connectivity index (χ2v) is 6.08. The fourth-order valence-electron chi connectivity index (χ4n) is 2.02. The van der Waals surface area contributed by atoms with Gasteiger partial charge in [0.2, 0.25) is 5.95 Å². The number of anilines is 1. The number of hydrogen-bond donors (Lipinski definition) is 1. The summed E-state index contributed by atoms with van der Waals surface area (Å²) < 4.78 is 32.3. The first-order valence-electron chi connectivity index (χ1n) is 6.21. The van der Waals surface area contributed by atoms with Gasteiger partial charge in [0.05, 0.1) is 11.5 Å². The number of rotatable bonds is 3. The number of nitrogens with one attached hydrogen (secondary N) is 1. The predicted molar refractivity (Wildman–Crippen MR) is 73.1 cm³/mol. The minimum Gasteiger partial charge on any atom is -0.493 e. The fourth-order valence-corrected chi connectivity index (χ4v) is 2.99. The highest BCUT2D eigenvalue weighted by molar-refractivity contribution is 7.92. The van der Waals surface area contributed by atoms with Gasteiger partial charge < -0.3 is 4.74 Å². The highest BCUT2D eigenvalue weighted by Crippen LogP contribution is 2.28. The zero-order valence-corrected chi connectivity index (χ0v) is 11.4. The summed E-state index contributed by atoms with van der Waals surface area (Å²) in [6.45, 7) is 0.617. The Balaban J connectivity index is 1.91. The molecular formula is C13H13N3O3S. The van der Waals surface area contributed by atoms with E-state index >= 15 is 0 Å². The molecule has 1 aliphatic rings. The molecule has 0 spiro atoms. The Morgan fingerprint density at radius 1 is 1.20 bits per heavy atom. The van der Waals surface area contributed by atoms with E-state index in [0.29, 0.717) is 12.4 Å². The lowest BCUT2D eigenvalue weighted by Gasteiger charge is -2.17. The van der Waals surface area contributed by atoms with Gasteiger partial charge in [-0.3, -0.25) is 0 Å². The van der Waals surface area contributed by atoms with Gasteiger partial charge in [-0.2, -0.15) is 0 Å². The fraction of sp³-hybridized carbons (Fsp3) is 0.231. The first-order valence-corrected chi connectivity index (χ1v) is 7.69. The largest absolute Gasteiger partial charge is 0.493 e. The summed E-state index contributed by atoms with van der Waals surface area (Å²) in [6.07, 6.45) is 4.81. The van der Waals surface area contributed by atoms with E-state index in [0.717, 1.165) is 18.4 Å². The number of aryl methyl sites for hydroxylation is 1. The van der Waals surface area contributed by atoms with E-state index in [2.05, 4.69) is 14.7 Å². The van der Waals surface area contributed by atoms with Crippen LogP contribution in [0.25, 0.3) is 0 Å². The van der Waals surface area contributed by atoms with Crippen LogP contribution >= 0.6 is 0 Å². The normalized spacial score (nSPS) is 14.2. The van der Waals surface area contributed by atoms with Crippen molar-refractivity contribution in [2.75, 3.05) is 11.3 Å². The number of fused-ring (bicyclic) bond motifs is 1. The first-order chi connectivity index (χ1) is 9.65. The molecule has 20 heavy (non-hydrogen) atoms. The van der Waals surface area contributed by atoms with E-state index in [9.17, 15) is 8.42 Å². The molecule has 0 radical (unpaired) electrons. The summed E-state index contributed by atoms with van der Waals surface area (Å²) in [6, 6.07) is 6.51. The van der Waals surface area contributed by atoms with Crippen molar-refractivity contribution >= 4 is 16.0 Å². The number of ether oxygens (including phenoxy) is 1. The van der Waals surface area contributed by atoms with Crippen LogP contribution in [0.15, 0.2) is 41.6 Å². The number of benzene rings is 1. The predicted octanol–water partition coefficient (Wildman–Crippen LogP) is 1.60. The van der Waals surface area contributed by atoms with Crippen LogP contribution in [0.3, 0.4) is 0 Å². The lowest BCUT2D eigenvalue weighted by Crippen LogP contribution is -2.16. The van der Waals surface area contributed by atoms with Crippen molar-refractivity contribution in [2.24, 2.45) is 0 Å². The molecule has 0 bridgehead atoms. The minimum absolute atomic E-state index is 0.0474. The van der Waals surface area contributed by atoms with Gasteiger partial charge in [0.15, 0.2) is 0 Å². The molecule has 0 fully saturated rings. The lowest BCUT2D eigenvalue weighted by molar-refractivity contribution is 0.287. The Morgan fingerprint density at radius 3 is 2.80 bits per heavy atom. The molecule has 7 heteroatoms.